The molecule has 0 heterocycles. The third-order valence-electron chi connectivity index (χ3n) is 4.35. The van der Waals surface area contributed by atoms with Gasteiger partial charge >= 0.3 is 6.18 Å². The Balaban J connectivity index is 1.97. The highest BCUT2D eigenvalue weighted by Gasteiger charge is 2.23. The van der Waals surface area contributed by atoms with Crippen molar-refractivity contribution in [2.24, 2.45) is 0 Å². The average molecular weight is 404 g/mol. The van der Waals surface area contributed by atoms with Gasteiger partial charge in [-0.05, 0) is 46.9 Å². The number of rotatable bonds is 3. The fraction of sp³-hybridized carbons (Fsp3) is 0.130. The van der Waals surface area contributed by atoms with Crippen LogP contribution >= 0.6 is 0 Å². The van der Waals surface area contributed by atoms with E-state index in [0.29, 0.717) is 5.56 Å². The normalized spacial score (nSPS) is 11.1. The van der Waals surface area contributed by atoms with Gasteiger partial charge in [0.1, 0.15) is 17.5 Å². The molecule has 29 heavy (non-hydrogen) atoms. The first-order valence-corrected chi connectivity index (χ1v) is 8.66. The smallest absolute Gasteiger partial charge is 0.206 e. The molecule has 0 spiro atoms. The van der Waals surface area contributed by atoms with E-state index in [4.69, 9.17) is 0 Å². The first-order chi connectivity index (χ1) is 13.7. The van der Waals surface area contributed by atoms with E-state index in [1.165, 1.54) is 18.1 Å². The van der Waals surface area contributed by atoms with Crippen LogP contribution in [0, 0.1) is 29.3 Å². The fourth-order valence-corrected chi connectivity index (χ4v) is 2.84. The van der Waals surface area contributed by atoms with Gasteiger partial charge in [0.05, 0.1) is 5.56 Å². The van der Waals surface area contributed by atoms with Gasteiger partial charge in [-0.1, -0.05) is 49.2 Å². The predicted molar refractivity (Wildman–Crippen MR) is 99.5 cm³/mol. The van der Waals surface area contributed by atoms with Crippen LogP contribution in [0.1, 0.15) is 18.1 Å². The molecule has 0 N–H and O–H groups in total. The van der Waals surface area contributed by atoms with Crippen LogP contribution in [0.3, 0.4) is 0 Å². The molecule has 0 unspecified atom stereocenters. The Morgan fingerprint density at radius 1 is 0.724 bits per heavy atom. The molecule has 0 nitrogen and oxygen atoms in total. The Hall–Kier alpha value is -3.20. The second-order valence-corrected chi connectivity index (χ2v) is 6.31. The minimum absolute atomic E-state index is 0.0768. The zero-order chi connectivity index (χ0) is 21.2. The summed E-state index contributed by atoms with van der Waals surface area (Å²) in [4.78, 5) is 0. The van der Waals surface area contributed by atoms with Crippen molar-refractivity contribution in [1.82, 2.24) is 0 Å². The first kappa shape index (κ1) is 20.5. The third kappa shape index (κ3) is 4.80. The van der Waals surface area contributed by atoms with Crippen LogP contribution in [0.2, 0.25) is 0 Å². The lowest BCUT2D eigenvalue weighted by atomic mass is 9.97. The monoisotopic (exact) mass is 404 g/mol. The molecule has 148 valence electrons. The molecule has 0 aliphatic rings. The Morgan fingerprint density at radius 2 is 1.28 bits per heavy atom. The van der Waals surface area contributed by atoms with Gasteiger partial charge in [-0.2, -0.15) is 13.2 Å². The molecule has 0 amide bonds. The number of halogens is 6. The van der Waals surface area contributed by atoms with Gasteiger partial charge in [0.15, 0.2) is 0 Å². The summed E-state index contributed by atoms with van der Waals surface area (Å²) in [7, 11) is 0. The van der Waals surface area contributed by atoms with Gasteiger partial charge in [-0.15, -0.1) is 0 Å². The van der Waals surface area contributed by atoms with E-state index in [1.807, 2.05) is 31.2 Å². The highest BCUT2D eigenvalue weighted by Crippen LogP contribution is 2.30. The SMILES string of the molecule is CCc1ccc(-c2ccc(-c3cc(F)c(C#CC(F)(F)F)c(F)c3)c(F)c2)cc1. The maximum atomic E-state index is 14.6. The fourth-order valence-electron chi connectivity index (χ4n) is 2.84. The Labute approximate surface area is 163 Å². The van der Waals surface area contributed by atoms with Crippen molar-refractivity contribution in [2.75, 3.05) is 0 Å². The standard InChI is InChI=1S/C23H14F6/c1-2-14-3-5-15(6-4-14)16-7-8-18(20(24)11-16)17-12-21(25)19(22(26)13-17)9-10-23(27,28)29/h3-8,11-13H,2H2,1H3. The highest BCUT2D eigenvalue weighted by atomic mass is 19.4. The van der Waals surface area contributed by atoms with E-state index < -0.39 is 29.2 Å². The van der Waals surface area contributed by atoms with Gasteiger partial charge < -0.3 is 0 Å². The Kier molecular flexibility index (Phi) is 5.69. The van der Waals surface area contributed by atoms with Crippen molar-refractivity contribution in [2.45, 2.75) is 19.5 Å². The van der Waals surface area contributed by atoms with Crippen LogP contribution < -0.4 is 0 Å². The number of aryl methyl sites for hydroxylation is 1. The van der Waals surface area contributed by atoms with Gasteiger partial charge in [-0.3, -0.25) is 0 Å². The van der Waals surface area contributed by atoms with Crippen molar-refractivity contribution in [3.63, 3.8) is 0 Å². The summed E-state index contributed by atoms with van der Waals surface area (Å²) in [5, 5.41) is 0. The number of benzene rings is 3. The summed E-state index contributed by atoms with van der Waals surface area (Å²) in [6.07, 6.45) is -4.01. The van der Waals surface area contributed by atoms with E-state index in [9.17, 15) is 26.3 Å². The van der Waals surface area contributed by atoms with Gasteiger partial charge in [0.25, 0.3) is 0 Å². The zero-order valence-electron chi connectivity index (χ0n) is 15.2. The van der Waals surface area contributed by atoms with Gasteiger partial charge in [0.2, 0.25) is 0 Å². The van der Waals surface area contributed by atoms with Crippen molar-refractivity contribution in [1.29, 1.82) is 0 Å². The maximum Gasteiger partial charge on any atom is 0.458 e. The molecule has 0 saturated carbocycles. The molecular weight excluding hydrogens is 390 g/mol. The lowest BCUT2D eigenvalue weighted by Crippen LogP contribution is -2.02. The molecule has 0 fully saturated rings. The quantitative estimate of drug-likeness (QED) is 0.329. The molecule has 3 rings (SSSR count). The van der Waals surface area contributed by atoms with E-state index in [-0.39, 0.29) is 11.1 Å². The summed E-state index contributed by atoms with van der Waals surface area (Å²) in [5.74, 6) is -1.05. The zero-order valence-corrected chi connectivity index (χ0v) is 15.2. The number of hydrogen-bond donors (Lipinski definition) is 0. The van der Waals surface area contributed by atoms with Crippen LogP contribution in [0.5, 0.6) is 0 Å². The second-order valence-electron chi connectivity index (χ2n) is 6.31. The molecule has 0 saturated heterocycles. The van der Waals surface area contributed by atoms with E-state index in [0.717, 1.165) is 35.6 Å². The average Bonchev–Trinajstić information content (AvgIpc) is 2.66. The third-order valence-corrected chi connectivity index (χ3v) is 4.35. The summed E-state index contributed by atoms with van der Waals surface area (Å²) >= 11 is 0. The topological polar surface area (TPSA) is 0 Å². The van der Waals surface area contributed by atoms with E-state index in [2.05, 4.69) is 0 Å². The number of hydrogen-bond acceptors (Lipinski definition) is 0. The molecule has 0 bridgehead atoms. The summed E-state index contributed by atoms with van der Waals surface area (Å²) in [6, 6.07) is 13.3. The lowest BCUT2D eigenvalue weighted by molar-refractivity contribution is -0.0696. The molecule has 0 radical (unpaired) electrons. The van der Waals surface area contributed by atoms with Crippen LogP contribution in [0.4, 0.5) is 26.3 Å². The summed E-state index contributed by atoms with van der Waals surface area (Å²) in [6.45, 7) is 2.02. The molecule has 3 aromatic carbocycles. The first-order valence-electron chi connectivity index (χ1n) is 8.66. The summed E-state index contributed by atoms with van der Waals surface area (Å²) < 4.78 is 79.2. The van der Waals surface area contributed by atoms with Crippen LogP contribution in [-0.4, -0.2) is 6.18 Å². The minimum atomic E-state index is -4.88. The minimum Gasteiger partial charge on any atom is -0.206 e. The molecule has 6 heteroatoms. The van der Waals surface area contributed by atoms with Gasteiger partial charge in [0, 0.05) is 11.5 Å². The van der Waals surface area contributed by atoms with Crippen molar-refractivity contribution >= 4 is 0 Å². The molecule has 0 aromatic heterocycles. The molecule has 0 atom stereocenters. The largest absolute Gasteiger partial charge is 0.458 e. The highest BCUT2D eigenvalue weighted by molar-refractivity contribution is 5.71. The van der Waals surface area contributed by atoms with Crippen molar-refractivity contribution < 1.29 is 26.3 Å². The maximum absolute atomic E-state index is 14.6. The Bertz CT molecular complexity index is 1080. The van der Waals surface area contributed by atoms with E-state index >= 15 is 0 Å². The number of alkyl halides is 3. The summed E-state index contributed by atoms with van der Waals surface area (Å²) in [5.41, 5.74) is 1.27. The Morgan fingerprint density at radius 3 is 1.79 bits per heavy atom. The predicted octanol–water partition coefficient (Wildman–Crippen LogP) is 6.91. The molecule has 0 aliphatic heterocycles. The van der Waals surface area contributed by atoms with Gasteiger partial charge in [-0.25, -0.2) is 13.2 Å². The van der Waals surface area contributed by atoms with Crippen LogP contribution in [-0.2, 0) is 6.42 Å². The second kappa shape index (κ2) is 8.04. The van der Waals surface area contributed by atoms with Crippen molar-refractivity contribution in [3.8, 4) is 34.1 Å². The molecular formula is C23H14F6. The molecule has 3 aromatic rings. The van der Waals surface area contributed by atoms with Crippen LogP contribution in [0.15, 0.2) is 54.6 Å². The van der Waals surface area contributed by atoms with Crippen molar-refractivity contribution in [3.05, 3.63) is 83.2 Å². The van der Waals surface area contributed by atoms with Crippen LogP contribution in [0.25, 0.3) is 22.3 Å². The molecule has 0 aliphatic carbocycles. The lowest BCUT2D eigenvalue weighted by Gasteiger charge is -2.09. The van der Waals surface area contributed by atoms with E-state index in [1.54, 1.807) is 6.07 Å².